The third-order valence-electron chi connectivity index (χ3n) is 4.64. The molecule has 1 fully saturated rings. The van der Waals surface area contributed by atoms with E-state index in [1.165, 1.54) is 4.31 Å². The molecule has 1 aliphatic rings. The first kappa shape index (κ1) is 20.7. The van der Waals surface area contributed by atoms with Crippen molar-refractivity contribution in [3.05, 3.63) is 77.3 Å². The van der Waals surface area contributed by atoms with Gasteiger partial charge >= 0.3 is 0 Å². The van der Waals surface area contributed by atoms with Crippen LogP contribution in [0.3, 0.4) is 0 Å². The highest BCUT2D eigenvalue weighted by Crippen LogP contribution is 2.26. The molecule has 0 unspecified atom stereocenters. The Morgan fingerprint density at radius 1 is 1.13 bits per heavy atom. The van der Waals surface area contributed by atoms with Crippen LogP contribution in [0.4, 0.5) is 11.6 Å². The van der Waals surface area contributed by atoms with Gasteiger partial charge in [0.25, 0.3) is 0 Å². The van der Waals surface area contributed by atoms with Gasteiger partial charge in [-0.25, -0.2) is 18.4 Å². The molecule has 0 saturated carbocycles. The van der Waals surface area contributed by atoms with Crippen molar-refractivity contribution >= 4 is 33.3 Å². The lowest BCUT2D eigenvalue weighted by atomic mass is 10.2. The molecule has 1 aromatic carbocycles. The first-order valence-electron chi connectivity index (χ1n) is 9.34. The lowest BCUT2D eigenvalue weighted by Gasteiger charge is -2.32. The second-order valence-electron chi connectivity index (χ2n) is 6.73. The molecule has 3 aromatic rings. The number of ether oxygens (including phenoxy) is 1. The fourth-order valence-corrected chi connectivity index (χ4v) is 4.98. The van der Waals surface area contributed by atoms with Gasteiger partial charge in [-0.1, -0.05) is 35.9 Å². The topological polar surface area (TPSA) is 97.3 Å². The van der Waals surface area contributed by atoms with E-state index < -0.39 is 16.1 Å². The molecule has 8 nitrogen and oxygen atoms in total. The van der Waals surface area contributed by atoms with Gasteiger partial charge in [-0.2, -0.15) is 4.31 Å². The molecule has 2 aromatic heterocycles. The van der Waals surface area contributed by atoms with Crippen molar-refractivity contribution in [1.82, 2.24) is 19.3 Å². The van der Waals surface area contributed by atoms with Crippen molar-refractivity contribution in [3.63, 3.8) is 0 Å². The Bertz CT molecular complexity index is 1110. The number of aromatic nitrogens is 3. The summed E-state index contributed by atoms with van der Waals surface area (Å²) >= 11 is 6.14. The SMILES string of the molecule is O=S(=O)(Cc1ccccc1Cl)N1CCO[C@H](c2cccc(Nc3cnccn3)n2)C1. The summed E-state index contributed by atoms with van der Waals surface area (Å²) in [6, 6.07) is 12.4. The molecule has 1 atom stereocenters. The minimum absolute atomic E-state index is 0.152. The van der Waals surface area contributed by atoms with Crippen LogP contribution in [0.2, 0.25) is 5.02 Å². The summed E-state index contributed by atoms with van der Waals surface area (Å²) < 4.78 is 33.2. The number of benzene rings is 1. The molecule has 1 N–H and O–H groups in total. The minimum atomic E-state index is -3.55. The summed E-state index contributed by atoms with van der Waals surface area (Å²) in [4.78, 5) is 12.7. The highest BCUT2D eigenvalue weighted by molar-refractivity contribution is 7.88. The molecule has 0 spiro atoms. The van der Waals surface area contributed by atoms with Crippen molar-refractivity contribution in [2.24, 2.45) is 0 Å². The van der Waals surface area contributed by atoms with Crippen LogP contribution in [0.15, 0.2) is 61.1 Å². The highest BCUT2D eigenvalue weighted by atomic mass is 35.5. The highest BCUT2D eigenvalue weighted by Gasteiger charge is 2.31. The normalized spacial score (nSPS) is 17.6. The van der Waals surface area contributed by atoms with Crippen LogP contribution in [-0.2, 0) is 20.5 Å². The van der Waals surface area contributed by atoms with E-state index >= 15 is 0 Å². The Labute approximate surface area is 180 Å². The average molecular weight is 446 g/mol. The first-order chi connectivity index (χ1) is 14.5. The van der Waals surface area contributed by atoms with Crippen molar-refractivity contribution in [2.75, 3.05) is 25.0 Å². The Balaban J connectivity index is 1.48. The Kier molecular flexibility index (Phi) is 6.24. The zero-order valence-corrected chi connectivity index (χ0v) is 17.6. The maximum absolute atomic E-state index is 13.0. The smallest absolute Gasteiger partial charge is 0.218 e. The predicted octanol–water partition coefficient (Wildman–Crippen LogP) is 3.17. The van der Waals surface area contributed by atoms with Crippen molar-refractivity contribution in [1.29, 1.82) is 0 Å². The van der Waals surface area contributed by atoms with Crippen LogP contribution in [0.25, 0.3) is 0 Å². The molecule has 0 amide bonds. The number of anilines is 2. The van der Waals surface area contributed by atoms with Crippen LogP contribution >= 0.6 is 11.6 Å². The number of nitrogens with zero attached hydrogens (tertiary/aromatic N) is 4. The standard InChI is InChI=1S/C20H20ClN5O3S/c21-16-5-2-1-4-15(16)14-30(27,28)26-10-11-29-18(13-26)17-6-3-7-19(24-17)25-20-12-22-8-9-23-20/h1-9,12,18H,10-11,13-14H2,(H,23,24,25)/t18-/m0/s1. The minimum Gasteiger partial charge on any atom is -0.369 e. The summed E-state index contributed by atoms with van der Waals surface area (Å²) in [5.41, 5.74) is 1.22. The molecule has 1 aliphatic heterocycles. The van der Waals surface area contributed by atoms with Crippen LogP contribution < -0.4 is 5.32 Å². The number of halogens is 1. The summed E-state index contributed by atoms with van der Waals surface area (Å²) in [7, 11) is -3.55. The van der Waals surface area contributed by atoms with E-state index in [0.717, 1.165) is 0 Å². The fraction of sp³-hybridized carbons (Fsp3) is 0.250. The molecule has 4 rings (SSSR count). The average Bonchev–Trinajstić information content (AvgIpc) is 2.76. The molecule has 3 heterocycles. The molecule has 0 aliphatic carbocycles. The van der Waals surface area contributed by atoms with E-state index in [9.17, 15) is 8.42 Å². The quantitative estimate of drug-likeness (QED) is 0.622. The number of rotatable bonds is 6. The third-order valence-corrected chi connectivity index (χ3v) is 6.80. The van der Waals surface area contributed by atoms with E-state index in [1.807, 2.05) is 12.1 Å². The number of hydrogen-bond acceptors (Lipinski definition) is 7. The Morgan fingerprint density at radius 3 is 2.80 bits per heavy atom. The summed E-state index contributed by atoms with van der Waals surface area (Å²) in [6.45, 7) is 0.769. The summed E-state index contributed by atoms with van der Waals surface area (Å²) in [6.07, 6.45) is 4.29. The lowest BCUT2D eigenvalue weighted by Crippen LogP contribution is -2.42. The zero-order valence-electron chi connectivity index (χ0n) is 16.0. The number of pyridine rings is 1. The van der Waals surface area contributed by atoms with Crippen LogP contribution in [0.1, 0.15) is 17.4 Å². The van der Waals surface area contributed by atoms with Gasteiger partial charge in [-0.15, -0.1) is 0 Å². The zero-order chi connectivity index (χ0) is 21.0. The molecule has 0 radical (unpaired) electrons. The van der Waals surface area contributed by atoms with E-state index in [-0.39, 0.29) is 18.9 Å². The van der Waals surface area contributed by atoms with Gasteiger partial charge in [-0.05, 0) is 23.8 Å². The van der Waals surface area contributed by atoms with E-state index in [4.69, 9.17) is 16.3 Å². The van der Waals surface area contributed by atoms with Gasteiger partial charge in [0, 0.05) is 30.5 Å². The van der Waals surface area contributed by atoms with E-state index in [2.05, 4.69) is 20.3 Å². The van der Waals surface area contributed by atoms with Gasteiger partial charge in [-0.3, -0.25) is 4.98 Å². The molecular weight excluding hydrogens is 426 g/mol. The van der Waals surface area contributed by atoms with Crippen LogP contribution in [0.5, 0.6) is 0 Å². The Hall–Kier alpha value is -2.59. The predicted molar refractivity (Wildman–Crippen MR) is 114 cm³/mol. The van der Waals surface area contributed by atoms with Gasteiger partial charge in [0.15, 0.2) is 0 Å². The molecule has 0 bridgehead atoms. The summed E-state index contributed by atoms with van der Waals surface area (Å²) in [5.74, 6) is 0.990. The Morgan fingerprint density at radius 2 is 2.00 bits per heavy atom. The lowest BCUT2D eigenvalue weighted by molar-refractivity contribution is -0.00490. The van der Waals surface area contributed by atoms with Crippen molar-refractivity contribution in [3.8, 4) is 0 Å². The number of hydrogen-bond donors (Lipinski definition) is 1. The van der Waals surface area contributed by atoms with E-state index in [1.54, 1.807) is 48.9 Å². The number of nitrogens with one attached hydrogen (secondary N) is 1. The summed E-state index contributed by atoms with van der Waals surface area (Å²) in [5, 5.41) is 3.52. The van der Waals surface area contributed by atoms with Gasteiger partial charge in [0.1, 0.15) is 17.7 Å². The monoisotopic (exact) mass is 445 g/mol. The fourth-order valence-electron chi connectivity index (χ4n) is 3.16. The van der Waals surface area contributed by atoms with Gasteiger partial charge < -0.3 is 10.1 Å². The van der Waals surface area contributed by atoms with Crippen molar-refractivity contribution < 1.29 is 13.2 Å². The maximum Gasteiger partial charge on any atom is 0.218 e. The first-order valence-corrected chi connectivity index (χ1v) is 11.3. The molecule has 30 heavy (non-hydrogen) atoms. The molecule has 1 saturated heterocycles. The number of sulfonamides is 1. The largest absolute Gasteiger partial charge is 0.369 e. The second kappa shape index (κ2) is 9.05. The van der Waals surface area contributed by atoms with Crippen LogP contribution in [0, 0.1) is 0 Å². The maximum atomic E-state index is 13.0. The van der Waals surface area contributed by atoms with Gasteiger partial charge in [0.05, 0.1) is 24.3 Å². The molecule has 10 heteroatoms. The van der Waals surface area contributed by atoms with E-state index in [0.29, 0.717) is 34.5 Å². The van der Waals surface area contributed by atoms with Crippen LogP contribution in [-0.4, -0.2) is 47.4 Å². The van der Waals surface area contributed by atoms with Crippen molar-refractivity contribution in [2.45, 2.75) is 11.9 Å². The third kappa shape index (κ3) is 4.93. The van der Waals surface area contributed by atoms with Gasteiger partial charge in [0.2, 0.25) is 10.0 Å². The molecule has 156 valence electrons. The number of morpholine rings is 1. The molecular formula is C20H20ClN5O3S. The second-order valence-corrected chi connectivity index (χ2v) is 9.10.